The van der Waals surface area contributed by atoms with Gasteiger partial charge >= 0.3 is 0 Å². The van der Waals surface area contributed by atoms with Crippen LogP contribution >= 0.6 is 0 Å². The van der Waals surface area contributed by atoms with Crippen LogP contribution in [0.4, 0.5) is 0 Å². The van der Waals surface area contributed by atoms with Crippen molar-refractivity contribution < 1.29 is 16.8 Å². The molecule has 5 rings (SSSR count). The first-order valence-electron chi connectivity index (χ1n) is 10.4. The van der Waals surface area contributed by atoms with Gasteiger partial charge in [0.25, 0.3) is 10.0 Å². The summed E-state index contributed by atoms with van der Waals surface area (Å²) in [5.74, 6) is -0.135. The van der Waals surface area contributed by atoms with Crippen LogP contribution in [0.25, 0.3) is 0 Å². The third-order valence-corrected chi connectivity index (χ3v) is 9.90. The number of hydrogen-bond acceptors (Lipinski definition) is 4. The van der Waals surface area contributed by atoms with Crippen molar-refractivity contribution in [3.63, 3.8) is 0 Å². The minimum absolute atomic E-state index is 0.135. The Morgan fingerprint density at radius 1 is 0.750 bits per heavy atom. The number of rotatable bonds is 4. The van der Waals surface area contributed by atoms with E-state index in [1.807, 2.05) is 32.1 Å². The van der Waals surface area contributed by atoms with Crippen LogP contribution < -0.4 is 0 Å². The Hall–Kier alpha value is -2.68. The average molecular weight is 469 g/mol. The minimum atomic E-state index is -3.76. The van der Waals surface area contributed by atoms with Crippen molar-refractivity contribution in [1.82, 2.24) is 8.61 Å². The standard InChI is InChI=1S/C24H24N2O4S2/c1-17-6-10-21(11-7-17)31(27,28)25-14-19-4-3-5-23-24(19)20(15-25)16-26(23)32(29,30)22-12-8-18(2)9-13-22/h3-13,16,23-24H,14-15H2,1-2H3/t23-,24-/m0/s1. The molecule has 166 valence electrons. The zero-order valence-electron chi connectivity index (χ0n) is 17.8. The topological polar surface area (TPSA) is 74.8 Å². The maximum Gasteiger partial charge on any atom is 0.264 e. The molecule has 0 amide bonds. The molecular formula is C24H24N2O4S2. The summed E-state index contributed by atoms with van der Waals surface area (Å²) in [6.07, 6.45) is 7.25. The highest BCUT2D eigenvalue weighted by atomic mass is 32.2. The zero-order valence-corrected chi connectivity index (χ0v) is 19.5. The smallest absolute Gasteiger partial charge is 0.264 e. The molecule has 2 atom stereocenters. The van der Waals surface area contributed by atoms with Crippen LogP contribution in [0.1, 0.15) is 11.1 Å². The zero-order chi connectivity index (χ0) is 22.7. The van der Waals surface area contributed by atoms with Gasteiger partial charge < -0.3 is 0 Å². The fourth-order valence-electron chi connectivity index (χ4n) is 4.59. The number of hydrogen-bond donors (Lipinski definition) is 0. The molecule has 1 fully saturated rings. The molecule has 1 aliphatic carbocycles. The maximum absolute atomic E-state index is 13.4. The Morgan fingerprint density at radius 3 is 1.88 bits per heavy atom. The summed E-state index contributed by atoms with van der Waals surface area (Å²) in [4.78, 5) is 0.472. The molecule has 8 heteroatoms. The second-order valence-electron chi connectivity index (χ2n) is 8.53. The average Bonchev–Trinajstić information content (AvgIpc) is 3.15. The van der Waals surface area contributed by atoms with Crippen LogP contribution in [0.15, 0.2) is 93.9 Å². The van der Waals surface area contributed by atoms with Crippen molar-refractivity contribution in [2.45, 2.75) is 29.7 Å². The van der Waals surface area contributed by atoms with E-state index in [2.05, 4.69) is 0 Å². The number of piperidine rings is 1. The van der Waals surface area contributed by atoms with Crippen LogP contribution in [0.5, 0.6) is 0 Å². The molecule has 6 nitrogen and oxygen atoms in total. The fourth-order valence-corrected chi connectivity index (χ4v) is 7.52. The highest BCUT2D eigenvalue weighted by molar-refractivity contribution is 7.89. The Morgan fingerprint density at radius 2 is 1.28 bits per heavy atom. The summed E-state index contributed by atoms with van der Waals surface area (Å²) in [6, 6.07) is 13.2. The maximum atomic E-state index is 13.4. The fraction of sp³-hybridized carbons (Fsp3) is 0.250. The van der Waals surface area contributed by atoms with Gasteiger partial charge in [-0.25, -0.2) is 16.8 Å². The Bertz CT molecular complexity index is 1370. The van der Waals surface area contributed by atoms with Crippen LogP contribution in [0.3, 0.4) is 0 Å². The molecule has 0 radical (unpaired) electrons. The van der Waals surface area contributed by atoms with E-state index in [0.717, 1.165) is 22.3 Å². The first-order valence-corrected chi connectivity index (χ1v) is 13.3. The van der Waals surface area contributed by atoms with Gasteiger partial charge in [0.2, 0.25) is 10.0 Å². The number of nitrogens with zero attached hydrogens (tertiary/aromatic N) is 2. The van der Waals surface area contributed by atoms with E-state index in [0.29, 0.717) is 0 Å². The van der Waals surface area contributed by atoms with E-state index in [-0.39, 0.29) is 34.8 Å². The second-order valence-corrected chi connectivity index (χ2v) is 12.3. The quantitative estimate of drug-likeness (QED) is 0.690. The lowest BCUT2D eigenvalue weighted by Crippen LogP contribution is -2.45. The molecule has 0 N–H and O–H groups in total. The number of allylic oxidation sites excluding steroid dienone is 2. The van der Waals surface area contributed by atoms with Crippen LogP contribution in [0, 0.1) is 19.8 Å². The summed E-state index contributed by atoms with van der Waals surface area (Å²) in [6.45, 7) is 4.24. The van der Waals surface area contributed by atoms with Crippen molar-refractivity contribution in [2.75, 3.05) is 13.1 Å². The van der Waals surface area contributed by atoms with Gasteiger partial charge in [0.15, 0.2) is 0 Å². The molecular weight excluding hydrogens is 444 g/mol. The lowest BCUT2D eigenvalue weighted by molar-refractivity contribution is 0.369. The molecule has 3 aliphatic rings. The molecule has 0 aromatic heterocycles. The Balaban J connectivity index is 1.52. The number of benzene rings is 2. The van der Waals surface area contributed by atoms with Gasteiger partial charge in [-0.15, -0.1) is 0 Å². The van der Waals surface area contributed by atoms with Crippen molar-refractivity contribution in [1.29, 1.82) is 0 Å². The summed E-state index contributed by atoms with van der Waals surface area (Å²) in [5.41, 5.74) is 3.67. The van der Waals surface area contributed by atoms with Gasteiger partial charge in [0.1, 0.15) is 0 Å². The van der Waals surface area contributed by atoms with Crippen molar-refractivity contribution in [3.8, 4) is 0 Å². The Kier molecular flexibility index (Phi) is 4.92. The first-order chi connectivity index (χ1) is 15.2. The molecule has 2 heterocycles. The molecule has 2 aromatic rings. The molecule has 2 aliphatic heterocycles. The number of aryl methyl sites for hydroxylation is 2. The van der Waals surface area contributed by atoms with Gasteiger partial charge in [0, 0.05) is 25.2 Å². The second kappa shape index (κ2) is 7.43. The summed E-state index contributed by atoms with van der Waals surface area (Å²) >= 11 is 0. The normalized spacial score (nSPS) is 23.0. The van der Waals surface area contributed by atoms with E-state index in [1.54, 1.807) is 54.7 Å². The van der Waals surface area contributed by atoms with Crippen molar-refractivity contribution in [3.05, 3.63) is 95.2 Å². The van der Waals surface area contributed by atoms with E-state index in [9.17, 15) is 16.8 Å². The summed E-state index contributed by atoms with van der Waals surface area (Å²) in [7, 11) is -7.47. The third-order valence-electron chi connectivity index (χ3n) is 6.32. The largest absolute Gasteiger partial charge is 0.265 e. The van der Waals surface area contributed by atoms with Crippen molar-refractivity contribution >= 4 is 20.0 Å². The molecule has 2 aromatic carbocycles. The molecule has 0 saturated carbocycles. The van der Waals surface area contributed by atoms with Crippen LogP contribution in [-0.4, -0.2) is 44.6 Å². The lowest BCUT2D eigenvalue weighted by Gasteiger charge is -2.37. The monoisotopic (exact) mass is 468 g/mol. The molecule has 0 bridgehead atoms. The van der Waals surface area contributed by atoms with Gasteiger partial charge in [-0.3, -0.25) is 4.31 Å². The molecule has 0 unspecified atom stereocenters. The van der Waals surface area contributed by atoms with Gasteiger partial charge in [-0.2, -0.15) is 4.31 Å². The van der Waals surface area contributed by atoms with Crippen molar-refractivity contribution in [2.24, 2.45) is 5.92 Å². The Labute approximate surface area is 189 Å². The highest BCUT2D eigenvalue weighted by Crippen LogP contribution is 2.44. The van der Waals surface area contributed by atoms with E-state index in [4.69, 9.17) is 0 Å². The predicted octanol–water partition coefficient (Wildman–Crippen LogP) is 3.38. The third kappa shape index (κ3) is 3.34. The van der Waals surface area contributed by atoms with Crippen LogP contribution in [0.2, 0.25) is 0 Å². The molecule has 1 saturated heterocycles. The summed E-state index contributed by atoms with van der Waals surface area (Å²) in [5, 5.41) is 0. The minimum Gasteiger partial charge on any atom is -0.265 e. The summed E-state index contributed by atoms with van der Waals surface area (Å²) < 4.78 is 56.3. The van der Waals surface area contributed by atoms with Gasteiger partial charge in [-0.1, -0.05) is 53.6 Å². The highest BCUT2D eigenvalue weighted by Gasteiger charge is 2.47. The number of sulfonamides is 2. The van der Waals surface area contributed by atoms with Gasteiger partial charge in [-0.05, 0) is 49.3 Å². The van der Waals surface area contributed by atoms with Gasteiger partial charge in [0.05, 0.1) is 15.8 Å². The van der Waals surface area contributed by atoms with Crippen LogP contribution in [-0.2, 0) is 20.0 Å². The van der Waals surface area contributed by atoms with E-state index in [1.165, 1.54) is 8.61 Å². The SMILES string of the molecule is Cc1ccc(S(=O)(=O)N2CC3=CC=C[C@H]4[C@@H]3C(=CN4S(=O)(=O)c3ccc(C)cc3)C2)cc1. The van der Waals surface area contributed by atoms with E-state index < -0.39 is 20.0 Å². The lowest BCUT2D eigenvalue weighted by atomic mass is 9.82. The first kappa shape index (κ1) is 21.2. The predicted molar refractivity (Wildman–Crippen MR) is 123 cm³/mol. The molecule has 0 spiro atoms. The van der Waals surface area contributed by atoms with E-state index >= 15 is 0 Å². The molecule has 32 heavy (non-hydrogen) atoms.